The highest BCUT2D eigenvalue weighted by atomic mass is 32.2. The van der Waals surface area contributed by atoms with Crippen molar-refractivity contribution < 1.29 is 28.9 Å². The van der Waals surface area contributed by atoms with Gasteiger partial charge in [0.25, 0.3) is 11.8 Å². The number of oxime groups is 1. The van der Waals surface area contributed by atoms with E-state index in [9.17, 15) is 19.5 Å². The molecule has 2 aromatic heterocycles. The molecule has 2 amide bonds. The van der Waals surface area contributed by atoms with Crippen LogP contribution in [0.2, 0.25) is 0 Å². The molecule has 2 aliphatic heterocycles. The van der Waals surface area contributed by atoms with Crippen molar-refractivity contribution in [1.29, 1.82) is 0 Å². The molecule has 1 fully saturated rings. The number of nitrogens with zero attached hydrogens (tertiary/aromatic N) is 5. The van der Waals surface area contributed by atoms with Gasteiger partial charge in [0.15, 0.2) is 24.1 Å². The molecule has 0 radical (unpaired) electrons. The second kappa shape index (κ2) is 9.54. The lowest BCUT2D eigenvalue weighted by molar-refractivity contribution is -0.689. The van der Waals surface area contributed by atoms with Gasteiger partial charge >= 0.3 is 0 Å². The maximum absolute atomic E-state index is 12.9. The molecule has 14 heteroatoms. The van der Waals surface area contributed by atoms with E-state index in [4.69, 9.17) is 10.6 Å². The van der Waals surface area contributed by atoms with Crippen LogP contribution in [-0.2, 0) is 25.8 Å². The number of hydrogen-bond donors (Lipinski definition) is 2. The van der Waals surface area contributed by atoms with Crippen LogP contribution in [-0.4, -0.2) is 61.5 Å². The first-order valence-electron chi connectivity index (χ1n) is 9.83. The smallest absolute Gasteiger partial charge is 0.278 e. The van der Waals surface area contributed by atoms with Crippen LogP contribution in [0.25, 0.3) is 0 Å². The van der Waals surface area contributed by atoms with Crippen molar-refractivity contribution >= 4 is 51.9 Å². The van der Waals surface area contributed by atoms with E-state index in [1.807, 2.05) is 22.8 Å². The highest BCUT2D eigenvalue weighted by Gasteiger charge is 2.53. The molecular weight excluding hydrogens is 470 g/mol. The topological polar surface area (TPSA) is 167 Å². The molecular formula is C19H19N7O5S2. The predicted molar refractivity (Wildman–Crippen MR) is 116 cm³/mol. The largest absolute Gasteiger partial charge is 0.543 e. The zero-order valence-electron chi connectivity index (χ0n) is 17.3. The third-order valence-electron chi connectivity index (χ3n) is 4.83. The van der Waals surface area contributed by atoms with Crippen LogP contribution in [0, 0.1) is 0 Å². The molecule has 0 saturated carbocycles. The number of pyridine rings is 1. The molecule has 2 atom stereocenters. The predicted octanol–water partition coefficient (Wildman–Crippen LogP) is -1.75. The Kier molecular flexibility index (Phi) is 6.55. The van der Waals surface area contributed by atoms with Crippen molar-refractivity contribution in [1.82, 2.24) is 19.6 Å². The number of amides is 2. The van der Waals surface area contributed by atoms with E-state index in [1.54, 1.807) is 19.3 Å². The van der Waals surface area contributed by atoms with Crippen molar-refractivity contribution in [2.45, 2.75) is 24.9 Å². The molecule has 1 saturated heterocycles. The highest BCUT2D eigenvalue weighted by molar-refractivity contribution is 8.00. The van der Waals surface area contributed by atoms with Crippen molar-refractivity contribution in [3.8, 4) is 0 Å². The van der Waals surface area contributed by atoms with E-state index in [-0.39, 0.29) is 29.0 Å². The number of fused-ring (bicyclic) bond motifs is 1. The lowest BCUT2D eigenvalue weighted by atomic mass is 10.0. The standard InChI is InChI=1S/C19H19N7O5S2/c1-2-31-23-11(14-22-19(20)33-24-14)15(27)21-12-16(28)26-13(18(29)30)10(9-32-17(12)26)8-25-6-4-3-5-7-25/h3-7,12,17H,2,8-9H2,1H3,(H3-,20,21,22,24,27,29,30)/t12?,17-/m1/s1. The van der Waals surface area contributed by atoms with Gasteiger partial charge in [0, 0.05) is 35.0 Å². The first-order valence-corrected chi connectivity index (χ1v) is 11.7. The van der Waals surface area contributed by atoms with Gasteiger partial charge in [-0.2, -0.15) is 9.36 Å². The molecule has 172 valence electrons. The van der Waals surface area contributed by atoms with Crippen molar-refractivity contribution in [2.75, 3.05) is 18.1 Å². The fourth-order valence-corrected chi connectivity index (χ4v) is 5.18. The summed E-state index contributed by atoms with van der Waals surface area (Å²) < 4.78 is 5.78. The van der Waals surface area contributed by atoms with E-state index in [1.165, 1.54) is 11.8 Å². The van der Waals surface area contributed by atoms with Gasteiger partial charge in [-0.3, -0.25) is 14.5 Å². The lowest BCUT2D eigenvalue weighted by Gasteiger charge is -2.50. The second-order valence-electron chi connectivity index (χ2n) is 6.96. The Bertz CT molecular complexity index is 1150. The van der Waals surface area contributed by atoms with Crippen LogP contribution in [0.15, 0.2) is 47.0 Å². The fourth-order valence-electron chi connectivity index (χ4n) is 3.41. The molecule has 1 unspecified atom stereocenters. The number of nitrogens with one attached hydrogen (secondary N) is 1. The van der Waals surface area contributed by atoms with E-state index in [0.717, 1.165) is 16.4 Å². The Morgan fingerprint density at radius 2 is 2.15 bits per heavy atom. The van der Waals surface area contributed by atoms with Crippen molar-refractivity contribution in [3.63, 3.8) is 0 Å². The number of β-lactam (4-membered cyclic amide) rings is 1. The maximum atomic E-state index is 12.9. The molecule has 4 rings (SSSR count). The number of nitrogens with two attached hydrogens (primary N) is 1. The number of nitrogen functional groups attached to an aromatic ring is 1. The maximum Gasteiger partial charge on any atom is 0.278 e. The fraction of sp³-hybridized carbons (Fsp3) is 0.316. The summed E-state index contributed by atoms with van der Waals surface area (Å²) in [4.78, 5) is 47.7. The number of hydrogen-bond acceptors (Lipinski definition) is 11. The summed E-state index contributed by atoms with van der Waals surface area (Å²) in [5.74, 6) is -2.40. The van der Waals surface area contributed by atoms with Gasteiger partial charge in [0.1, 0.15) is 18.0 Å². The van der Waals surface area contributed by atoms with Gasteiger partial charge in [-0.25, -0.2) is 4.57 Å². The number of carboxylic acid groups (broad SMARTS) is 1. The molecule has 0 aliphatic carbocycles. The van der Waals surface area contributed by atoms with Gasteiger partial charge < -0.3 is 25.8 Å². The summed E-state index contributed by atoms with van der Waals surface area (Å²) in [5.41, 5.74) is 5.75. The van der Waals surface area contributed by atoms with E-state index in [2.05, 4.69) is 19.8 Å². The summed E-state index contributed by atoms with van der Waals surface area (Å²) in [6, 6.07) is 4.54. The summed E-state index contributed by atoms with van der Waals surface area (Å²) in [5, 5.41) is 17.8. The van der Waals surface area contributed by atoms with Crippen LogP contribution < -0.4 is 20.7 Å². The Labute approximate surface area is 196 Å². The highest BCUT2D eigenvalue weighted by Crippen LogP contribution is 2.40. The minimum atomic E-state index is -1.44. The van der Waals surface area contributed by atoms with Crippen LogP contribution >= 0.6 is 23.3 Å². The van der Waals surface area contributed by atoms with Gasteiger partial charge in [-0.1, -0.05) is 11.2 Å². The Morgan fingerprint density at radius 1 is 1.39 bits per heavy atom. The normalized spacial score (nSPS) is 20.2. The molecule has 33 heavy (non-hydrogen) atoms. The van der Waals surface area contributed by atoms with Gasteiger partial charge in [0.2, 0.25) is 11.5 Å². The van der Waals surface area contributed by atoms with E-state index in [0.29, 0.717) is 17.9 Å². The summed E-state index contributed by atoms with van der Waals surface area (Å²) in [6.45, 7) is 2.19. The summed E-state index contributed by atoms with van der Waals surface area (Å²) in [6.07, 6.45) is 3.60. The summed E-state index contributed by atoms with van der Waals surface area (Å²) in [7, 11) is 0. The molecule has 12 nitrogen and oxygen atoms in total. The van der Waals surface area contributed by atoms with Gasteiger partial charge in [-0.05, 0) is 6.92 Å². The number of aromatic nitrogens is 3. The molecule has 0 spiro atoms. The first kappa shape index (κ1) is 22.7. The zero-order chi connectivity index (χ0) is 23.5. The Morgan fingerprint density at radius 3 is 2.79 bits per heavy atom. The van der Waals surface area contributed by atoms with E-state index < -0.39 is 29.2 Å². The first-order chi connectivity index (χ1) is 15.9. The molecule has 2 aromatic rings. The van der Waals surface area contributed by atoms with Crippen LogP contribution in [0.4, 0.5) is 5.13 Å². The number of anilines is 1. The molecule has 4 heterocycles. The van der Waals surface area contributed by atoms with Crippen LogP contribution in [0.3, 0.4) is 0 Å². The average Bonchev–Trinajstić information content (AvgIpc) is 3.23. The Hall–Kier alpha value is -3.52. The number of carboxylic acids is 1. The van der Waals surface area contributed by atoms with Gasteiger partial charge in [0.05, 0.1) is 11.7 Å². The second-order valence-corrected chi connectivity index (χ2v) is 8.85. The number of thioether (sulfide) groups is 1. The molecule has 3 N–H and O–H groups in total. The lowest BCUT2D eigenvalue weighted by Crippen LogP contribution is -2.71. The minimum Gasteiger partial charge on any atom is -0.543 e. The molecule has 0 aromatic carbocycles. The molecule has 0 bridgehead atoms. The van der Waals surface area contributed by atoms with Gasteiger partial charge in [-0.15, -0.1) is 11.8 Å². The quantitative estimate of drug-likeness (QED) is 0.189. The number of carbonyl (C=O) groups excluding carboxylic acids is 3. The summed E-state index contributed by atoms with van der Waals surface area (Å²) >= 11 is 2.24. The van der Waals surface area contributed by atoms with Crippen LogP contribution in [0.1, 0.15) is 12.7 Å². The number of carbonyl (C=O) groups is 3. The van der Waals surface area contributed by atoms with Crippen molar-refractivity contribution in [2.24, 2.45) is 5.16 Å². The third kappa shape index (κ3) is 4.52. The monoisotopic (exact) mass is 489 g/mol. The number of rotatable bonds is 8. The average molecular weight is 490 g/mol. The van der Waals surface area contributed by atoms with E-state index >= 15 is 0 Å². The van der Waals surface area contributed by atoms with Crippen molar-refractivity contribution in [3.05, 3.63) is 47.7 Å². The SMILES string of the molecule is CCON=C(C(=O)NC1C(=O)N2C(C(=O)[O-])=C(C[n+]3ccccc3)CS[C@H]12)c1nsc(N)n1. The number of aliphatic carboxylic acids is 1. The Balaban J connectivity index is 1.53. The zero-order valence-corrected chi connectivity index (χ0v) is 19.0. The third-order valence-corrected chi connectivity index (χ3v) is 6.71. The van der Waals surface area contributed by atoms with Crippen LogP contribution in [0.5, 0.6) is 0 Å². The molecule has 2 aliphatic rings. The minimum absolute atomic E-state index is 0.0270.